The van der Waals surface area contributed by atoms with Crippen molar-refractivity contribution in [1.29, 1.82) is 5.26 Å². The van der Waals surface area contributed by atoms with E-state index >= 15 is 0 Å². The molecule has 622 valence electrons. The van der Waals surface area contributed by atoms with Gasteiger partial charge in [0.25, 0.3) is 0 Å². The molecule has 0 aliphatic carbocycles. The number of thiophene rings is 2. The van der Waals surface area contributed by atoms with Gasteiger partial charge in [-0.2, -0.15) is 5.26 Å². The Kier molecular flexibility index (Phi) is 18.8. The second-order valence-electron chi connectivity index (χ2n) is 33.0. The summed E-state index contributed by atoms with van der Waals surface area (Å²) in [4.78, 5) is 42.1. The predicted octanol–water partition coefficient (Wildman–Crippen LogP) is 31.7. The molecule has 16 heteroatoms. The summed E-state index contributed by atoms with van der Waals surface area (Å²) in [6, 6.07) is 141. The van der Waals surface area contributed by atoms with Gasteiger partial charge in [-0.3, -0.25) is 0 Å². The molecule has 14 nitrogen and oxygen atoms in total. The first kappa shape index (κ1) is 78.1. The average molecular weight is 1750 g/mol. The maximum Gasteiger partial charge on any atom is 0.187 e. The minimum atomic E-state index is 0.562. The van der Waals surface area contributed by atoms with Gasteiger partial charge in [-0.25, -0.2) is 44.6 Å². The molecule has 0 unspecified atom stereocenters. The summed E-state index contributed by atoms with van der Waals surface area (Å²) in [6.45, 7) is 14.9. The van der Waals surface area contributed by atoms with Crippen LogP contribution in [0.25, 0.3) is 256 Å². The van der Waals surface area contributed by atoms with Crippen molar-refractivity contribution in [2.75, 3.05) is 0 Å². The molecular formula is C118H67N13OS2. The molecule has 0 atom stereocenters. The summed E-state index contributed by atoms with van der Waals surface area (Å²) in [5.41, 5.74) is 23.3. The van der Waals surface area contributed by atoms with Crippen molar-refractivity contribution in [2.45, 2.75) is 0 Å². The van der Waals surface area contributed by atoms with Crippen molar-refractivity contribution in [3.8, 4) is 103 Å². The largest absolute Gasteiger partial charge is 0.454 e. The Labute approximate surface area is 773 Å². The maximum absolute atomic E-state index is 9.29. The zero-order valence-corrected chi connectivity index (χ0v) is 72.9. The molecule has 9 heterocycles. The van der Waals surface area contributed by atoms with Crippen LogP contribution in [0.1, 0.15) is 5.56 Å². The second kappa shape index (κ2) is 32.2. The van der Waals surface area contributed by atoms with Crippen LogP contribution in [0.4, 0.5) is 11.4 Å². The molecule has 0 saturated heterocycles. The monoisotopic (exact) mass is 1750 g/mol. The molecule has 27 aromatic rings. The number of nitrogens with zero attached hydrogens (tertiary/aromatic N) is 13. The molecule has 0 spiro atoms. The van der Waals surface area contributed by atoms with E-state index in [4.69, 9.17) is 52.4 Å². The molecule has 0 fully saturated rings. The molecule has 0 bridgehead atoms. The third kappa shape index (κ3) is 13.2. The fourth-order valence-corrected chi connectivity index (χ4v) is 21.6. The fourth-order valence-electron chi connectivity index (χ4n) is 19.1. The lowest BCUT2D eigenvalue weighted by Gasteiger charge is -2.12. The van der Waals surface area contributed by atoms with Gasteiger partial charge in [0.1, 0.15) is 5.58 Å². The Morgan fingerprint density at radius 3 is 1.18 bits per heavy atom. The zero-order valence-electron chi connectivity index (χ0n) is 71.2. The Morgan fingerprint density at radius 1 is 0.261 bits per heavy atom. The molecule has 27 rings (SSSR count). The van der Waals surface area contributed by atoms with Crippen LogP contribution in [0.5, 0.6) is 0 Å². The maximum atomic E-state index is 9.29. The molecule has 0 radical (unpaired) electrons. The Morgan fingerprint density at radius 2 is 0.649 bits per heavy atom. The van der Waals surface area contributed by atoms with Gasteiger partial charge in [-0.1, -0.05) is 273 Å². The highest BCUT2D eigenvalue weighted by molar-refractivity contribution is 7.27. The van der Waals surface area contributed by atoms with Gasteiger partial charge < -0.3 is 18.1 Å². The predicted molar refractivity (Wildman–Crippen MR) is 550 cm³/mol. The van der Waals surface area contributed by atoms with Crippen LogP contribution in [-0.2, 0) is 0 Å². The summed E-state index contributed by atoms with van der Waals surface area (Å²) in [5, 5.41) is 25.8. The number of nitriles is 1. The van der Waals surface area contributed by atoms with Crippen molar-refractivity contribution < 1.29 is 4.42 Å². The third-order valence-corrected chi connectivity index (χ3v) is 27.7. The normalized spacial score (nSPS) is 11.6. The van der Waals surface area contributed by atoms with Crippen molar-refractivity contribution >= 4 is 184 Å². The van der Waals surface area contributed by atoms with E-state index in [2.05, 4.69) is 278 Å². The van der Waals surface area contributed by atoms with Gasteiger partial charge in [-0.15, -0.1) is 22.7 Å². The molecular weight excluding hydrogens is 1680 g/mol. The minimum absolute atomic E-state index is 0.562. The molecule has 18 aromatic carbocycles. The lowest BCUT2D eigenvalue weighted by molar-refractivity contribution is 0.671. The van der Waals surface area contributed by atoms with Crippen molar-refractivity contribution in [3.63, 3.8) is 0 Å². The van der Waals surface area contributed by atoms with E-state index < -0.39 is 0 Å². The molecule has 0 N–H and O–H groups in total. The lowest BCUT2D eigenvalue weighted by Crippen LogP contribution is -2.00. The van der Waals surface area contributed by atoms with E-state index in [9.17, 15) is 5.26 Å². The Bertz CT molecular complexity index is 9640. The summed E-state index contributed by atoms with van der Waals surface area (Å²) < 4.78 is 18.8. The quantitative estimate of drug-likeness (QED) is 0.122. The van der Waals surface area contributed by atoms with E-state index in [1.165, 1.54) is 89.3 Å². The molecule has 0 amide bonds. The molecule has 9 aromatic heterocycles. The SMILES string of the molecule is N#Cc1ccc(-c2nc(-c3ccccc3)nc(-c3ccc(-n4c5ccccc5c5ccc6c7ccccc7sc6c54)cc3)n2)cc1.[C-]#[N+]c1ccc(-c2nc(-c3cccc(-n4c5ccccc5c5ccc6c7ccccc7sc6c54)c3)nc3ccccc23)cc1.[C-]#[N+]c1cccc(-c2nc(-c3cccc(-n4c5ccccc5c5ccc6c7ccccc7oc6c54)c3)nc3ccccc23)c1. The molecule has 0 aliphatic rings. The number of hydrogen-bond donors (Lipinski definition) is 0. The van der Waals surface area contributed by atoms with Gasteiger partial charge in [-0.05, 0) is 145 Å². The van der Waals surface area contributed by atoms with Gasteiger partial charge in [0.15, 0.2) is 46.1 Å². The van der Waals surface area contributed by atoms with Crippen LogP contribution in [0.2, 0.25) is 0 Å². The second-order valence-corrected chi connectivity index (χ2v) is 35.1. The zero-order chi connectivity index (χ0) is 89.0. The van der Waals surface area contributed by atoms with Gasteiger partial charge in [0, 0.05) is 130 Å². The number of aromatic nitrogens is 10. The standard InChI is InChI=1S/C40H23N5S.C39H22N4O.C39H22N4S/c41-24-25-14-16-27(17-15-25)39-42-38(26-8-2-1-3-9-26)43-40(44-39)28-18-20-29(21-19-28)45-34-12-6-4-10-30(34)32-22-23-33-31-11-5-7-13-35(31)46-37(33)36(32)45;1-40-26-12-8-10-24(22-26)36-32-16-2-5-17-33(32)41-39(42-36)25-11-9-13-27(23-25)43-34-18-6-3-14-28(34)30-20-21-31-29-15-4-7-19-35(29)44-38(31)37(30)43;1-40-26-19-17-24(18-20-26)36-32-13-2-5-14-33(32)41-39(42-36)25-9-8-10-27(23-25)43-34-15-6-3-11-28(34)30-21-22-31-29-12-4-7-16-35(29)44-38(31)37(30)43/h1-23H;2*2-23H. The van der Waals surface area contributed by atoms with Crippen molar-refractivity contribution in [3.05, 3.63) is 435 Å². The van der Waals surface area contributed by atoms with Gasteiger partial charge in [0.05, 0.1) is 89.7 Å². The number of furan rings is 1. The summed E-state index contributed by atoms with van der Waals surface area (Å²) in [7, 11) is 0. The van der Waals surface area contributed by atoms with Crippen LogP contribution in [-0.4, -0.2) is 48.6 Å². The highest BCUT2D eigenvalue weighted by atomic mass is 32.1. The van der Waals surface area contributed by atoms with Crippen LogP contribution >= 0.6 is 22.7 Å². The fraction of sp³-hybridized carbons (Fsp3) is 0. The number of benzene rings is 18. The van der Waals surface area contributed by atoms with E-state index in [1.807, 2.05) is 168 Å². The smallest absolute Gasteiger partial charge is 0.187 e. The minimum Gasteiger partial charge on any atom is -0.454 e. The summed E-state index contributed by atoms with van der Waals surface area (Å²) in [5.74, 6) is 3.05. The van der Waals surface area contributed by atoms with Crippen LogP contribution in [0.3, 0.4) is 0 Å². The van der Waals surface area contributed by atoms with E-state index in [0.29, 0.717) is 46.1 Å². The highest BCUT2D eigenvalue weighted by Crippen LogP contribution is 2.48. The lowest BCUT2D eigenvalue weighted by atomic mass is 10.0. The number of para-hydroxylation sites is 6. The van der Waals surface area contributed by atoms with Crippen molar-refractivity contribution in [1.82, 2.24) is 48.6 Å². The first-order chi connectivity index (χ1) is 66.3. The summed E-state index contributed by atoms with van der Waals surface area (Å²) in [6.07, 6.45) is 0. The first-order valence-electron chi connectivity index (χ1n) is 43.9. The van der Waals surface area contributed by atoms with E-state index in [1.54, 1.807) is 12.1 Å². The molecule has 0 saturated carbocycles. The molecule has 0 aliphatic heterocycles. The first-order valence-corrected chi connectivity index (χ1v) is 45.6. The Hall–Kier alpha value is -18.2. The average Bonchev–Trinajstić information content (AvgIpc) is 1.57. The number of hydrogen-bond acceptors (Lipinski definition) is 11. The van der Waals surface area contributed by atoms with Crippen LogP contribution in [0.15, 0.2) is 411 Å². The number of rotatable bonds is 10. The van der Waals surface area contributed by atoms with Gasteiger partial charge >= 0.3 is 0 Å². The topological polar surface area (TPSA) is 151 Å². The van der Waals surface area contributed by atoms with Gasteiger partial charge in [0.2, 0.25) is 0 Å². The van der Waals surface area contributed by atoms with Crippen molar-refractivity contribution in [2.24, 2.45) is 0 Å². The third-order valence-electron chi connectivity index (χ3n) is 25.3. The highest BCUT2D eigenvalue weighted by Gasteiger charge is 2.25. The van der Waals surface area contributed by atoms with E-state index in [0.717, 1.165) is 128 Å². The number of fused-ring (bicyclic) bond motifs is 23. The van der Waals surface area contributed by atoms with E-state index in [-0.39, 0.29) is 0 Å². The molecule has 134 heavy (non-hydrogen) atoms. The van der Waals surface area contributed by atoms with Crippen LogP contribution < -0.4 is 0 Å². The summed E-state index contributed by atoms with van der Waals surface area (Å²) >= 11 is 3.71. The van der Waals surface area contributed by atoms with Crippen LogP contribution in [0, 0.1) is 24.5 Å². The Balaban J connectivity index is 0.000000108.